The minimum Gasteiger partial charge on any atom is -0.376 e. The first kappa shape index (κ1) is 17.0. The lowest BCUT2D eigenvalue weighted by Crippen LogP contribution is -2.23. The third-order valence-electron chi connectivity index (χ3n) is 3.71. The topological polar surface area (TPSA) is 65.4 Å². The summed E-state index contributed by atoms with van der Waals surface area (Å²) >= 11 is 6.03. The molecule has 1 aromatic heterocycles. The molecule has 3 rings (SSSR count). The summed E-state index contributed by atoms with van der Waals surface area (Å²) in [4.78, 5) is 12.1. The van der Waals surface area contributed by atoms with Crippen LogP contribution < -0.4 is 5.32 Å². The SMILES string of the molecule is Cc1cc(NC(=O)COC[C@@H]2CCCO2)n(-c2cccc(Cl)c2)n1. The Hall–Kier alpha value is -1.89. The van der Waals surface area contributed by atoms with Crippen LogP contribution in [0, 0.1) is 6.92 Å². The first-order valence-electron chi connectivity index (χ1n) is 7.93. The van der Waals surface area contributed by atoms with Gasteiger partial charge < -0.3 is 14.8 Å². The second-order valence-electron chi connectivity index (χ2n) is 5.76. The minimum absolute atomic E-state index is 0.0143. The van der Waals surface area contributed by atoms with Crippen LogP contribution in [-0.2, 0) is 14.3 Å². The molecule has 0 bridgehead atoms. The summed E-state index contributed by atoms with van der Waals surface area (Å²) in [5.74, 6) is 0.358. The van der Waals surface area contributed by atoms with Crippen molar-refractivity contribution in [2.45, 2.75) is 25.9 Å². The van der Waals surface area contributed by atoms with Crippen LogP contribution in [0.5, 0.6) is 0 Å². The smallest absolute Gasteiger partial charge is 0.251 e. The first-order chi connectivity index (χ1) is 11.6. The molecule has 1 fully saturated rings. The van der Waals surface area contributed by atoms with Crippen LogP contribution in [0.3, 0.4) is 0 Å². The Morgan fingerprint density at radius 1 is 1.50 bits per heavy atom. The fraction of sp³-hybridized carbons (Fsp3) is 0.412. The van der Waals surface area contributed by atoms with Gasteiger partial charge in [-0.25, -0.2) is 4.68 Å². The summed E-state index contributed by atoms with van der Waals surface area (Å²) < 4.78 is 12.5. The summed E-state index contributed by atoms with van der Waals surface area (Å²) in [6, 6.07) is 9.10. The van der Waals surface area contributed by atoms with E-state index in [1.807, 2.05) is 19.1 Å². The van der Waals surface area contributed by atoms with Gasteiger partial charge in [-0.15, -0.1) is 0 Å². The molecule has 0 unspecified atom stereocenters. The molecule has 0 radical (unpaired) electrons. The fourth-order valence-corrected chi connectivity index (χ4v) is 2.82. The van der Waals surface area contributed by atoms with Gasteiger partial charge in [0, 0.05) is 17.7 Å². The highest BCUT2D eigenvalue weighted by atomic mass is 35.5. The number of carbonyl (C=O) groups excluding carboxylic acids is 1. The number of nitrogens with zero attached hydrogens (tertiary/aromatic N) is 2. The molecule has 1 amide bonds. The second kappa shape index (κ2) is 7.79. The van der Waals surface area contributed by atoms with E-state index in [1.165, 1.54) is 0 Å². The highest BCUT2D eigenvalue weighted by Gasteiger charge is 2.16. The Bertz CT molecular complexity index is 711. The maximum atomic E-state index is 12.1. The highest BCUT2D eigenvalue weighted by Crippen LogP contribution is 2.20. The Kier molecular flexibility index (Phi) is 5.50. The molecule has 0 aliphatic carbocycles. The van der Waals surface area contributed by atoms with Gasteiger partial charge >= 0.3 is 0 Å². The zero-order chi connectivity index (χ0) is 16.9. The van der Waals surface area contributed by atoms with Crippen LogP contribution in [0.4, 0.5) is 5.82 Å². The van der Waals surface area contributed by atoms with E-state index in [-0.39, 0.29) is 18.6 Å². The standard InChI is InChI=1S/C17H20ClN3O3/c1-12-8-16(21(20-12)14-5-2-4-13(18)9-14)19-17(22)11-23-10-15-6-3-7-24-15/h2,4-5,8-9,15H,3,6-7,10-11H2,1H3,(H,19,22)/t15-/m0/s1. The maximum Gasteiger partial charge on any atom is 0.251 e. The van der Waals surface area contributed by atoms with Crippen molar-refractivity contribution in [3.8, 4) is 5.69 Å². The fourth-order valence-electron chi connectivity index (χ4n) is 2.63. The number of nitrogens with one attached hydrogen (secondary N) is 1. The molecule has 2 heterocycles. The van der Waals surface area contributed by atoms with E-state index in [0.29, 0.717) is 17.4 Å². The van der Waals surface area contributed by atoms with E-state index in [2.05, 4.69) is 10.4 Å². The van der Waals surface area contributed by atoms with Gasteiger partial charge in [-0.1, -0.05) is 17.7 Å². The predicted octanol–water partition coefficient (Wildman–Crippen LogP) is 2.97. The van der Waals surface area contributed by atoms with E-state index in [4.69, 9.17) is 21.1 Å². The molecule has 1 atom stereocenters. The van der Waals surface area contributed by atoms with E-state index in [9.17, 15) is 4.79 Å². The van der Waals surface area contributed by atoms with Crippen molar-refractivity contribution in [1.29, 1.82) is 0 Å². The number of aromatic nitrogens is 2. The van der Waals surface area contributed by atoms with E-state index < -0.39 is 0 Å². The molecular weight excluding hydrogens is 330 g/mol. The Morgan fingerprint density at radius 2 is 2.38 bits per heavy atom. The summed E-state index contributed by atoms with van der Waals surface area (Å²) in [6.07, 6.45) is 2.15. The number of anilines is 1. The largest absolute Gasteiger partial charge is 0.376 e. The number of benzene rings is 1. The van der Waals surface area contributed by atoms with Crippen LogP contribution >= 0.6 is 11.6 Å². The molecule has 128 valence electrons. The molecule has 1 aliphatic heterocycles. The van der Waals surface area contributed by atoms with Gasteiger partial charge in [0.2, 0.25) is 0 Å². The lowest BCUT2D eigenvalue weighted by Gasteiger charge is -2.11. The average Bonchev–Trinajstić information content (AvgIpc) is 3.17. The van der Waals surface area contributed by atoms with Crippen molar-refractivity contribution < 1.29 is 14.3 Å². The molecule has 0 spiro atoms. The number of hydrogen-bond acceptors (Lipinski definition) is 4. The third kappa shape index (κ3) is 4.35. The molecule has 0 saturated carbocycles. The number of ether oxygens (including phenoxy) is 2. The summed E-state index contributed by atoms with van der Waals surface area (Å²) in [7, 11) is 0. The van der Waals surface area contributed by atoms with Gasteiger partial charge in [-0.05, 0) is 38.0 Å². The van der Waals surface area contributed by atoms with Gasteiger partial charge in [0.1, 0.15) is 12.4 Å². The number of amides is 1. The second-order valence-corrected chi connectivity index (χ2v) is 6.20. The quantitative estimate of drug-likeness (QED) is 0.870. The molecule has 7 heteroatoms. The number of aryl methyl sites for hydroxylation is 1. The normalized spacial score (nSPS) is 17.2. The van der Waals surface area contributed by atoms with Gasteiger partial charge in [0.05, 0.1) is 24.1 Å². The molecule has 24 heavy (non-hydrogen) atoms. The Morgan fingerprint density at radius 3 is 3.12 bits per heavy atom. The molecule has 6 nitrogen and oxygen atoms in total. The zero-order valence-electron chi connectivity index (χ0n) is 13.5. The zero-order valence-corrected chi connectivity index (χ0v) is 14.3. The summed E-state index contributed by atoms with van der Waals surface area (Å²) in [5.41, 5.74) is 1.58. The van der Waals surface area contributed by atoms with Crippen molar-refractivity contribution in [2.75, 3.05) is 25.1 Å². The minimum atomic E-state index is -0.226. The molecular formula is C17H20ClN3O3. The summed E-state index contributed by atoms with van der Waals surface area (Å²) in [5, 5.41) is 7.84. The van der Waals surface area contributed by atoms with E-state index >= 15 is 0 Å². The van der Waals surface area contributed by atoms with E-state index in [0.717, 1.165) is 30.8 Å². The number of rotatable bonds is 6. The number of carbonyl (C=O) groups is 1. The lowest BCUT2D eigenvalue weighted by molar-refractivity contribution is -0.121. The Labute approximate surface area is 145 Å². The summed E-state index contributed by atoms with van der Waals surface area (Å²) in [6.45, 7) is 3.07. The first-order valence-corrected chi connectivity index (χ1v) is 8.31. The van der Waals surface area contributed by atoms with Crippen molar-refractivity contribution in [1.82, 2.24) is 9.78 Å². The maximum absolute atomic E-state index is 12.1. The van der Waals surface area contributed by atoms with Crippen molar-refractivity contribution in [2.24, 2.45) is 0 Å². The number of hydrogen-bond donors (Lipinski definition) is 1. The molecule has 2 aromatic rings. The highest BCUT2D eigenvalue weighted by molar-refractivity contribution is 6.30. The van der Waals surface area contributed by atoms with Crippen LogP contribution in [0.15, 0.2) is 30.3 Å². The van der Waals surface area contributed by atoms with Gasteiger partial charge in [-0.3, -0.25) is 4.79 Å². The molecule has 1 N–H and O–H groups in total. The van der Waals surface area contributed by atoms with Crippen LogP contribution in [0.2, 0.25) is 5.02 Å². The molecule has 1 aromatic carbocycles. The lowest BCUT2D eigenvalue weighted by atomic mass is 10.2. The van der Waals surface area contributed by atoms with Gasteiger partial charge in [0.25, 0.3) is 5.91 Å². The van der Waals surface area contributed by atoms with Gasteiger partial charge in [-0.2, -0.15) is 5.10 Å². The third-order valence-corrected chi connectivity index (χ3v) is 3.95. The van der Waals surface area contributed by atoms with Gasteiger partial charge in [0.15, 0.2) is 0 Å². The van der Waals surface area contributed by atoms with Crippen molar-refractivity contribution >= 4 is 23.3 Å². The Balaban J connectivity index is 1.61. The predicted molar refractivity (Wildman–Crippen MR) is 91.7 cm³/mol. The van der Waals surface area contributed by atoms with Crippen molar-refractivity contribution in [3.05, 3.63) is 41.0 Å². The van der Waals surface area contributed by atoms with Crippen molar-refractivity contribution in [3.63, 3.8) is 0 Å². The van der Waals surface area contributed by atoms with Crippen LogP contribution in [-0.4, -0.2) is 41.6 Å². The number of halogens is 1. The molecule has 1 aliphatic rings. The monoisotopic (exact) mass is 349 g/mol. The molecule has 1 saturated heterocycles. The van der Waals surface area contributed by atoms with Crippen LogP contribution in [0.1, 0.15) is 18.5 Å². The average molecular weight is 350 g/mol. The van der Waals surface area contributed by atoms with E-state index in [1.54, 1.807) is 22.9 Å². The van der Waals surface area contributed by atoms with Crippen LogP contribution in [0.25, 0.3) is 5.69 Å².